The number of aryl methyl sites for hydroxylation is 1. The molecule has 0 aromatic heterocycles. The molecule has 0 radical (unpaired) electrons. The Kier molecular flexibility index (Phi) is 4.76. The number of carbonyl (C=O) groups is 1. The third-order valence-electron chi connectivity index (χ3n) is 2.35. The predicted molar refractivity (Wildman–Crippen MR) is 58.1 cm³/mol. The molecule has 1 aromatic carbocycles. The van der Waals surface area contributed by atoms with Crippen molar-refractivity contribution in [3.8, 4) is 5.75 Å². The van der Waals surface area contributed by atoms with Crippen LogP contribution in [0.25, 0.3) is 0 Å². The molecule has 16 heavy (non-hydrogen) atoms. The number of carboxylic acid groups (broad SMARTS) is 1. The first-order chi connectivity index (χ1) is 7.65. The van der Waals surface area contributed by atoms with Gasteiger partial charge in [-0.15, -0.1) is 0 Å². The van der Waals surface area contributed by atoms with Crippen molar-refractivity contribution < 1.29 is 19.0 Å². The van der Waals surface area contributed by atoms with E-state index in [-0.39, 0.29) is 18.0 Å². The third kappa shape index (κ3) is 3.53. The molecule has 4 heteroatoms. The molecular formula is C12H15FO3. The van der Waals surface area contributed by atoms with Crippen molar-refractivity contribution in [2.45, 2.75) is 25.7 Å². The van der Waals surface area contributed by atoms with Crippen LogP contribution in [0, 0.1) is 5.82 Å². The molecule has 1 rings (SSSR count). The molecule has 0 saturated carbocycles. The molecule has 1 N–H and O–H groups in total. The minimum Gasteiger partial charge on any atom is -0.494 e. The maximum Gasteiger partial charge on any atom is 0.303 e. The molecule has 0 bridgehead atoms. The van der Waals surface area contributed by atoms with Gasteiger partial charge in [0.1, 0.15) is 0 Å². The van der Waals surface area contributed by atoms with Crippen molar-refractivity contribution in [3.63, 3.8) is 0 Å². The Morgan fingerprint density at radius 1 is 1.44 bits per heavy atom. The first-order valence-electron chi connectivity index (χ1n) is 5.18. The number of halogens is 1. The third-order valence-corrected chi connectivity index (χ3v) is 2.35. The van der Waals surface area contributed by atoms with E-state index in [1.807, 2.05) is 0 Å². The van der Waals surface area contributed by atoms with Crippen LogP contribution in [0.2, 0.25) is 0 Å². The second-order valence-electron chi connectivity index (χ2n) is 3.53. The van der Waals surface area contributed by atoms with E-state index in [1.54, 1.807) is 18.2 Å². The topological polar surface area (TPSA) is 46.5 Å². The van der Waals surface area contributed by atoms with E-state index in [0.29, 0.717) is 24.8 Å². The summed E-state index contributed by atoms with van der Waals surface area (Å²) in [4.78, 5) is 10.3. The Bertz CT molecular complexity index is 363. The lowest BCUT2D eigenvalue weighted by Crippen LogP contribution is -1.97. The molecule has 0 aliphatic carbocycles. The van der Waals surface area contributed by atoms with Crippen LogP contribution in [-0.2, 0) is 11.2 Å². The molecule has 3 nitrogen and oxygen atoms in total. The lowest BCUT2D eigenvalue weighted by molar-refractivity contribution is -0.137. The highest BCUT2D eigenvalue weighted by Gasteiger charge is 2.07. The lowest BCUT2D eigenvalue weighted by atomic mass is 10.1. The van der Waals surface area contributed by atoms with Gasteiger partial charge in [0.05, 0.1) is 7.11 Å². The number of rotatable bonds is 6. The van der Waals surface area contributed by atoms with E-state index in [4.69, 9.17) is 9.84 Å². The zero-order chi connectivity index (χ0) is 12.0. The number of benzene rings is 1. The maximum atomic E-state index is 13.6. The molecule has 0 spiro atoms. The number of methoxy groups -OCH3 is 1. The predicted octanol–water partition coefficient (Wildman–Crippen LogP) is 2.63. The van der Waals surface area contributed by atoms with Crippen LogP contribution in [-0.4, -0.2) is 18.2 Å². The highest BCUT2D eigenvalue weighted by Crippen LogP contribution is 2.21. The molecule has 0 fully saturated rings. The van der Waals surface area contributed by atoms with Crippen LogP contribution in [0.15, 0.2) is 18.2 Å². The van der Waals surface area contributed by atoms with E-state index in [0.717, 1.165) is 0 Å². The molecule has 0 aliphatic rings. The normalized spacial score (nSPS) is 10.1. The average molecular weight is 226 g/mol. The smallest absolute Gasteiger partial charge is 0.303 e. The Balaban J connectivity index is 2.50. The fourth-order valence-corrected chi connectivity index (χ4v) is 1.50. The second kappa shape index (κ2) is 6.10. The summed E-state index contributed by atoms with van der Waals surface area (Å²) >= 11 is 0. The highest BCUT2D eigenvalue weighted by molar-refractivity contribution is 5.66. The van der Waals surface area contributed by atoms with Gasteiger partial charge in [-0.1, -0.05) is 12.1 Å². The summed E-state index contributed by atoms with van der Waals surface area (Å²) in [7, 11) is 1.42. The molecule has 0 heterocycles. The molecule has 88 valence electrons. The number of aliphatic carboxylic acids is 1. The van der Waals surface area contributed by atoms with Gasteiger partial charge in [0.2, 0.25) is 0 Å². The van der Waals surface area contributed by atoms with Crippen LogP contribution in [0.3, 0.4) is 0 Å². The summed E-state index contributed by atoms with van der Waals surface area (Å²) in [6.07, 6.45) is 1.89. The van der Waals surface area contributed by atoms with Crippen LogP contribution < -0.4 is 4.74 Å². The van der Waals surface area contributed by atoms with Gasteiger partial charge >= 0.3 is 5.97 Å². The highest BCUT2D eigenvalue weighted by atomic mass is 19.1. The number of carboxylic acids is 1. The summed E-state index contributed by atoms with van der Waals surface area (Å²) in [5, 5.41) is 8.45. The van der Waals surface area contributed by atoms with Gasteiger partial charge in [-0.25, -0.2) is 4.39 Å². The SMILES string of the molecule is COc1cccc(CCCCC(=O)O)c1F. The van der Waals surface area contributed by atoms with Crippen molar-refractivity contribution in [1.29, 1.82) is 0 Å². The Morgan fingerprint density at radius 3 is 2.81 bits per heavy atom. The zero-order valence-electron chi connectivity index (χ0n) is 9.20. The van der Waals surface area contributed by atoms with Crippen molar-refractivity contribution in [2.75, 3.05) is 7.11 Å². The van der Waals surface area contributed by atoms with E-state index in [2.05, 4.69) is 0 Å². The quantitative estimate of drug-likeness (QED) is 0.758. The van der Waals surface area contributed by atoms with Crippen molar-refractivity contribution in [1.82, 2.24) is 0 Å². The lowest BCUT2D eigenvalue weighted by Gasteiger charge is -2.06. The van der Waals surface area contributed by atoms with Gasteiger partial charge in [0.25, 0.3) is 0 Å². The van der Waals surface area contributed by atoms with Crippen molar-refractivity contribution in [2.24, 2.45) is 0 Å². The van der Waals surface area contributed by atoms with Gasteiger partial charge in [-0.3, -0.25) is 4.79 Å². The Hall–Kier alpha value is -1.58. The van der Waals surface area contributed by atoms with Crippen LogP contribution in [0.4, 0.5) is 4.39 Å². The van der Waals surface area contributed by atoms with Gasteiger partial charge < -0.3 is 9.84 Å². The summed E-state index contributed by atoms with van der Waals surface area (Å²) in [5.74, 6) is -0.929. The maximum absolute atomic E-state index is 13.6. The molecule has 0 aliphatic heterocycles. The van der Waals surface area contributed by atoms with Gasteiger partial charge in [0.15, 0.2) is 11.6 Å². The van der Waals surface area contributed by atoms with Gasteiger partial charge in [-0.2, -0.15) is 0 Å². The van der Waals surface area contributed by atoms with E-state index in [1.165, 1.54) is 7.11 Å². The molecule has 0 saturated heterocycles. The number of ether oxygens (including phenoxy) is 1. The Labute approximate surface area is 93.9 Å². The fraction of sp³-hybridized carbons (Fsp3) is 0.417. The molecule has 0 amide bonds. The van der Waals surface area contributed by atoms with E-state index < -0.39 is 5.97 Å². The fourth-order valence-electron chi connectivity index (χ4n) is 1.50. The standard InChI is InChI=1S/C12H15FO3/c1-16-10-7-4-6-9(12(10)13)5-2-3-8-11(14)15/h4,6-7H,2-3,5,8H2,1H3,(H,14,15). The van der Waals surface area contributed by atoms with Gasteiger partial charge in [-0.05, 0) is 30.9 Å². The summed E-state index contributed by atoms with van der Waals surface area (Å²) in [6, 6.07) is 4.99. The number of hydrogen-bond acceptors (Lipinski definition) is 2. The van der Waals surface area contributed by atoms with Gasteiger partial charge in [0, 0.05) is 6.42 Å². The average Bonchev–Trinajstić information content (AvgIpc) is 2.26. The monoisotopic (exact) mass is 226 g/mol. The second-order valence-corrected chi connectivity index (χ2v) is 3.53. The van der Waals surface area contributed by atoms with Crippen molar-refractivity contribution >= 4 is 5.97 Å². The summed E-state index contributed by atoms with van der Waals surface area (Å²) in [6.45, 7) is 0. The first-order valence-corrected chi connectivity index (χ1v) is 5.18. The van der Waals surface area contributed by atoms with Crippen LogP contribution in [0.1, 0.15) is 24.8 Å². The van der Waals surface area contributed by atoms with Crippen LogP contribution in [0.5, 0.6) is 5.75 Å². The summed E-state index contributed by atoms with van der Waals surface area (Å²) < 4.78 is 18.5. The largest absolute Gasteiger partial charge is 0.494 e. The molecular weight excluding hydrogens is 211 g/mol. The zero-order valence-corrected chi connectivity index (χ0v) is 9.20. The van der Waals surface area contributed by atoms with E-state index >= 15 is 0 Å². The first kappa shape index (κ1) is 12.5. The summed E-state index contributed by atoms with van der Waals surface area (Å²) in [5.41, 5.74) is 0.574. The molecule has 1 aromatic rings. The molecule has 0 atom stereocenters. The number of hydrogen-bond donors (Lipinski definition) is 1. The number of unbranched alkanes of at least 4 members (excludes halogenated alkanes) is 1. The van der Waals surface area contributed by atoms with Crippen LogP contribution >= 0.6 is 0 Å². The minimum atomic E-state index is -0.814. The minimum absolute atomic E-state index is 0.131. The van der Waals surface area contributed by atoms with Crippen molar-refractivity contribution in [3.05, 3.63) is 29.6 Å². The molecule has 0 unspecified atom stereocenters. The van der Waals surface area contributed by atoms with E-state index in [9.17, 15) is 9.18 Å². The Morgan fingerprint density at radius 2 is 2.19 bits per heavy atom.